The number of benzene rings is 1. The normalized spacial score (nSPS) is 12.6. The van der Waals surface area contributed by atoms with Gasteiger partial charge in [0.2, 0.25) is 0 Å². The van der Waals surface area contributed by atoms with Crippen LogP contribution in [0.3, 0.4) is 0 Å². The number of rotatable bonds is 4. The first kappa shape index (κ1) is 10.5. The molecule has 0 bridgehead atoms. The summed E-state index contributed by atoms with van der Waals surface area (Å²) >= 11 is 0. The molecule has 0 saturated carbocycles. The first-order valence-corrected chi connectivity index (χ1v) is 5.58. The van der Waals surface area contributed by atoms with E-state index in [9.17, 15) is 9.18 Å². The molecule has 4 nitrogen and oxygen atoms in total. The molecule has 1 aromatic heterocycles. The number of allylic oxidation sites excluding steroid dienone is 1. The van der Waals surface area contributed by atoms with Gasteiger partial charge >= 0.3 is 0 Å². The van der Waals surface area contributed by atoms with Crippen molar-refractivity contribution in [1.29, 1.82) is 0 Å². The van der Waals surface area contributed by atoms with E-state index in [0.29, 0.717) is 11.3 Å². The SMILES string of the molecule is [2H]C(=O)/C(F)=C\c1ccc(-n2cnc(C)c2)c(OC)c1.[2H][2H]. The summed E-state index contributed by atoms with van der Waals surface area (Å²) in [6.07, 6.45) is 3.14. The third kappa shape index (κ3) is 2.88. The smallest absolute Gasteiger partial charge is 0.178 e. The molecule has 0 fully saturated rings. The number of hydrogen-bond donors (Lipinski definition) is 0. The highest BCUT2D eigenvalue weighted by atomic mass is 19.1. The number of carbonyl (C=O) groups excluding carboxylic acids is 1. The van der Waals surface area contributed by atoms with Gasteiger partial charge in [-0.2, -0.15) is 0 Å². The van der Waals surface area contributed by atoms with Crippen LogP contribution in [0.5, 0.6) is 5.75 Å². The molecule has 0 aliphatic heterocycles. The highest BCUT2D eigenvalue weighted by Crippen LogP contribution is 2.25. The van der Waals surface area contributed by atoms with Crippen LogP contribution in [0.1, 0.15) is 15.6 Å². The first-order valence-electron chi connectivity index (χ1n) is 7.08. The molecule has 5 heteroatoms. The number of ether oxygens (including phenoxy) is 1. The molecule has 1 aromatic carbocycles. The number of aldehydes is 1. The molecular weight excluding hydrogens is 247 g/mol. The van der Waals surface area contributed by atoms with Gasteiger partial charge in [-0.05, 0) is 30.7 Å². The molecule has 1 heterocycles. The zero-order valence-corrected chi connectivity index (χ0v) is 10.6. The van der Waals surface area contributed by atoms with E-state index in [0.717, 1.165) is 17.5 Å². The maximum absolute atomic E-state index is 13.1. The van der Waals surface area contributed by atoms with E-state index < -0.39 is 12.1 Å². The number of aryl methyl sites for hydroxylation is 1. The summed E-state index contributed by atoms with van der Waals surface area (Å²) in [4.78, 5) is 14.7. The fraction of sp³-hybridized carbons (Fsp3) is 0.143. The Balaban J connectivity index is 0.00000116. The molecule has 100 valence electrons. The highest BCUT2D eigenvalue weighted by Gasteiger charge is 2.07. The second-order valence-electron chi connectivity index (χ2n) is 3.95. The van der Waals surface area contributed by atoms with Gasteiger partial charge in [-0.25, -0.2) is 9.37 Å². The minimum absolute atomic E-state index is 0.445. The van der Waals surface area contributed by atoms with E-state index >= 15 is 0 Å². The molecule has 2 rings (SSSR count). The molecule has 0 atom stereocenters. The van der Waals surface area contributed by atoms with E-state index in [1.807, 2.05) is 13.1 Å². The third-order valence-electron chi connectivity index (χ3n) is 2.58. The Morgan fingerprint density at radius 3 is 3.05 bits per heavy atom. The molecule has 0 aliphatic rings. The van der Waals surface area contributed by atoms with Gasteiger partial charge in [-0.3, -0.25) is 4.79 Å². The summed E-state index contributed by atoms with van der Waals surface area (Å²) in [7, 11) is 1.50. The topological polar surface area (TPSA) is 44.1 Å². The lowest BCUT2D eigenvalue weighted by molar-refractivity contribution is -0.106. The molecule has 0 spiro atoms. The van der Waals surface area contributed by atoms with Crippen molar-refractivity contribution >= 4 is 12.3 Å². The molecule has 0 aliphatic carbocycles. The minimum atomic E-state index is -1.35. The Morgan fingerprint density at radius 1 is 1.68 bits per heavy atom. The van der Waals surface area contributed by atoms with Crippen molar-refractivity contribution in [3.8, 4) is 11.4 Å². The summed E-state index contributed by atoms with van der Waals surface area (Å²) in [5, 5.41) is 0. The fourth-order valence-electron chi connectivity index (χ4n) is 1.73. The fourth-order valence-corrected chi connectivity index (χ4v) is 1.73. The van der Waals surface area contributed by atoms with Crippen molar-refractivity contribution in [1.82, 2.24) is 9.55 Å². The van der Waals surface area contributed by atoms with Crippen molar-refractivity contribution in [2.75, 3.05) is 7.11 Å². The predicted molar refractivity (Wildman–Crippen MR) is 72.1 cm³/mol. The van der Waals surface area contributed by atoms with Gasteiger partial charge in [0.25, 0.3) is 0 Å². The lowest BCUT2D eigenvalue weighted by atomic mass is 10.1. The maximum atomic E-state index is 13.1. The average Bonchev–Trinajstić information content (AvgIpc) is 2.95. The second kappa shape index (κ2) is 5.48. The number of aromatic nitrogens is 2. The predicted octanol–water partition coefficient (Wildman–Crippen LogP) is 2.94. The average molecular weight is 265 g/mol. The van der Waals surface area contributed by atoms with Crippen LogP contribution in [-0.4, -0.2) is 22.9 Å². The lowest BCUT2D eigenvalue weighted by Gasteiger charge is -2.09. The van der Waals surface area contributed by atoms with Gasteiger partial charge in [0, 0.05) is 9.17 Å². The number of carbonyl (C=O) groups is 1. The van der Waals surface area contributed by atoms with Crippen molar-refractivity contribution in [3.63, 3.8) is 0 Å². The standard InChI is InChI=1S/C14H13FN2O2.H2/c1-10-7-17(9-16-10)13-4-3-11(5-12(15)8-18)6-14(13)19-2;/h3-9H,1-2H3;1H/b12-5+;/i8D;1+1D. The second-order valence-corrected chi connectivity index (χ2v) is 3.95. The summed E-state index contributed by atoms with van der Waals surface area (Å²) in [5.41, 5.74) is 2.06. The molecule has 0 N–H and O–H groups in total. The van der Waals surface area contributed by atoms with Gasteiger partial charge < -0.3 is 9.30 Å². The van der Waals surface area contributed by atoms with Crippen LogP contribution in [0.15, 0.2) is 36.6 Å². The van der Waals surface area contributed by atoms with E-state index in [-0.39, 0.29) is 0 Å². The Bertz CT molecular complexity index is 686. The van der Waals surface area contributed by atoms with Crippen LogP contribution >= 0.6 is 0 Å². The van der Waals surface area contributed by atoms with Crippen LogP contribution < -0.4 is 4.74 Å². The van der Waals surface area contributed by atoms with Crippen LogP contribution in [0.2, 0.25) is 0 Å². The molecule has 0 saturated heterocycles. The van der Waals surface area contributed by atoms with Crippen LogP contribution in [0.4, 0.5) is 4.39 Å². The number of nitrogens with zero attached hydrogens (tertiary/aromatic N) is 2. The molecular formula is C14H15FN2O2. The quantitative estimate of drug-likeness (QED) is 0.630. The van der Waals surface area contributed by atoms with Gasteiger partial charge in [0.15, 0.2) is 12.1 Å². The first-order chi connectivity index (χ1) is 10.5. The minimum Gasteiger partial charge on any atom is -0.495 e. The van der Waals surface area contributed by atoms with E-state index in [1.165, 1.54) is 7.11 Å². The Labute approximate surface area is 114 Å². The zero-order valence-electron chi connectivity index (χ0n) is 13.6. The summed E-state index contributed by atoms with van der Waals surface area (Å²) in [6, 6.07) is 4.95. The summed E-state index contributed by atoms with van der Waals surface area (Å²) in [5.74, 6) is -0.598. The third-order valence-corrected chi connectivity index (χ3v) is 2.58. The Morgan fingerprint density at radius 2 is 2.47 bits per heavy atom. The van der Waals surface area contributed by atoms with Gasteiger partial charge in [-0.15, -0.1) is 0 Å². The van der Waals surface area contributed by atoms with Gasteiger partial charge in [0.1, 0.15) is 7.12 Å². The number of hydrogen-bond acceptors (Lipinski definition) is 3. The van der Waals surface area contributed by atoms with Crippen molar-refractivity contribution in [2.24, 2.45) is 0 Å². The Kier molecular flexibility index (Phi) is 3.02. The monoisotopic (exact) mass is 265 g/mol. The zero-order chi connectivity index (χ0) is 16.7. The largest absolute Gasteiger partial charge is 0.495 e. The van der Waals surface area contributed by atoms with Gasteiger partial charge in [-0.1, -0.05) is 6.07 Å². The van der Waals surface area contributed by atoms with E-state index in [2.05, 4.69) is 4.98 Å². The molecule has 19 heavy (non-hydrogen) atoms. The van der Waals surface area contributed by atoms with E-state index in [4.69, 9.17) is 9.08 Å². The summed E-state index contributed by atoms with van der Waals surface area (Å²) in [6.45, 7) is 1.87. The van der Waals surface area contributed by atoms with Crippen molar-refractivity contribution in [3.05, 3.63) is 47.8 Å². The number of imidazole rings is 1. The molecule has 0 radical (unpaired) electrons. The van der Waals surface area contributed by atoms with E-state index in [1.54, 1.807) is 29.1 Å². The van der Waals surface area contributed by atoms with Crippen LogP contribution in [-0.2, 0) is 4.79 Å². The summed E-state index contributed by atoms with van der Waals surface area (Å²) < 4.78 is 36.9. The van der Waals surface area contributed by atoms with Crippen molar-refractivity contribution in [2.45, 2.75) is 6.92 Å². The maximum Gasteiger partial charge on any atom is 0.178 e. The number of halogens is 1. The van der Waals surface area contributed by atoms with Crippen LogP contribution in [0, 0.1) is 6.92 Å². The van der Waals surface area contributed by atoms with Gasteiger partial charge in [0.05, 0.1) is 24.8 Å². The number of methoxy groups -OCH3 is 1. The van der Waals surface area contributed by atoms with Crippen molar-refractivity contribution < 1.29 is 18.3 Å². The molecule has 0 unspecified atom stereocenters. The molecule has 0 amide bonds. The van der Waals surface area contributed by atoms with Crippen LogP contribution in [0.25, 0.3) is 11.8 Å². The highest BCUT2D eigenvalue weighted by molar-refractivity contribution is 5.79. The molecule has 2 aromatic rings. The Hall–Kier alpha value is -2.43. The lowest BCUT2D eigenvalue weighted by Crippen LogP contribution is -1.96.